The molecule has 0 radical (unpaired) electrons. The van der Waals surface area contributed by atoms with Gasteiger partial charge < -0.3 is 4.74 Å². The largest absolute Gasteiger partial charge is 0.483 e. The number of nitrogens with zero attached hydrogens (tertiary/aromatic N) is 5. The highest BCUT2D eigenvalue weighted by Gasteiger charge is 2.20. The lowest BCUT2D eigenvalue weighted by Gasteiger charge is -2.15. The number of hydrogen-bond acceptors (Lipinski definition) is 8. The van der Waals surface area contributed by atoms with Crippen LogP contribution in [0.15, 0.2) is 48.1 Å². The maximum Gasteiger partial charge on any atom is 0.236 e. The molecule has 0 aliphatic carbocycles. The molecule has 2 heterocycles. The first-order valence-electron chi connectivity index (χ1n) is 9.11. The Labute approximate surface area is 177 Å². The van der Waals surface area contributed by atoms with Crippen LogP contribution in [0, 0.1) is 0 Å². The molecule has 1 unspecified atom stereocenters. The molecular formula is C19H22N6O2S2. The topological polar surface area (TPSA) is 94.8 Å². The standard InChI is InChI=1S/C19H22N6O2S2/c1-4-11-25-17(13(3)27-14-9-7-6-8-10-14)22-24-19(25)28-12-15(26)20-18-23-21-16(5-2)29-18/h4,6-10,13H,1,5,11-12H2,2-3H3,(H,20,23,26). The van der Waals surface area contributed by atoms with Crippen molar-refractivity contribution in [2.24, 2.45) is 0 Å². The van der Waals surface area contributed by atoms with E-state index in [1.165, 1.54) is 23.1 Å². The number of nitrogens with one attached hydrogen (secondary N) is 1. The summed E-state index contributed by atoms with van der Waals surface area (Å²) in [7, 11) is 0. The Bertz CT molecular complexity index is 957. The van der Waals surface area contributed by atoms with Crippen molar-refractivity contribution in [3.05, 3.63) is 53.8 Å². The Hall–Kier alpha value is -2.72. The molecular weight excluding hydrogens is 408 g/mol. The third-order valence-corrected chi connectivity index (χ3v) is 5.77. The third-order valence-electron chi connectivity index (χ3n) is 3.82. The van der Waals surface area contributed by atoms with Crippen molar-refractivity contribution in [1.29, 1.82) is 0 Å². The number of rotatable bonds is 10. The van der Waals surface area contributed by atoms with E-state index in [0.29, 0.717) is 22.7 Å². The molecule has 10 heteroatoms. The van der Waals surface area contributed by atoms with Crippen LogP contribution < -0.4 is 10.1 Å². The lowest BCUT2D eigenvalue weighted by Crippen LogP contribution is -2.15. The van der Waals surface area contributed by atoms with Crippen molar-refractivity contribution in [1.82, 2.24) is 25.0 Å². The summed E-state index contributed by atoms with van der Waals surface area (Å²) in [5, 5.41) is 21.3. The number of carbonyl (C=O) groups excluding carboxylic acids is 1. The van der Waals surface area contributed by atoms with E-state index in [2.05, 4.69) is 32.3 Å². The first-order chi connectivity index (χ1) is 14.1. The molecule has 0 spiro atoms. The fourth-order valence-corrected chi connectivity index (χ4v) is 3.95. The molecule has 0 saturated heterocycles. The van der Waals surface area contributed by atoms with Gasteiger partial charge in [-0.2, -0.15) is 0 Å². The van der Waals surface area contributed by atoms with Crippen molar-refractivity contribution < 1.29 is 9.53 Å². The number of aromatic nitrogens is 5. The minimum Gasteiger partial charge on any atom is -0.483 e. The number of anilines is 1. The van der Waals surface area contributed by atoms with Crippen LogP contribution in [-0.2, 0) is 17.8 Å². The van der Waals surface area contributed by atoms with Gasteiger partial charge in [-0.05, 0) is 25.5 Å². The fourth-order valence-electron chi connectivity index (χ4n) is 2.50. The highest BCUT2D eigenvalue weighted by molar-refractivity contribution is 7.99. The molecule has 29 heavy (non-hydrogen) atoms. The van der Waals surface area contributed by atoms with Crippen LogP contribution in [0.5, 0.6) is 5.75 Å². The molecule has 0 bridgehead atoms. The number of carbonyl (C=O) groups is 1. The second-order valence-corrected chi connectivity index (χ2v) is 8.01. The highest BCUT2D eigenvalue weighted by Crippen LogP contribution is 2.25. The van der Waals surface area contributed by atoms with Crippen LogP contribution >= 0.6 is 23.1 Å². The number of para-hydroxylation sites is 1. The fraction of sp³-hybridized carbons (Fsp3) is 0.316. The van der Waals surface area contributed by atoms with Crippen molar-refractivity contribution in [2.45, 2.75) is 38.1 Å². The molecule has 152 valence electrons. The number of aryl methyl sites for hydroxylation is 1. The number of benzene rings is 1. The van der Waals surface area contributed by atoms with E-state index in [1.807, 2.05) is 48.7 Å². The van der Waals surface area contributed by atoms with Gasteiger partial charge in [0, 0.05) is 6.54 Å². The summed E-state index contributed by atoms with van der Waals surface area (Å²) in [6.45, 7) is 8.23. The summed E-state index contributed by atoms with van der Waals surface area (Å²) in [6, 6.07) is 9.54. The smallest absolute Gasteiger partial charge is 0.236 e. The molecule has 0 aliphatic heterocycles. The molecule has 0 aliphatic rings. The summed E-state index contributed by atoms with van der Waals surface area (Å²) < 4.78 is 7.86. The van der Waals surface area contributed by atoms with Gasteiger partial charge in [0.1, 0.15) is 10.8 Å². The van der Waals surface area contributed by atoms with Crippen LogP contribution in [0.3, 0.4) is 0 Å². The second-order valence-electron chi connectivity index (χ2n) is 6.00. The Morgan fingerprint density at radius 1 is 1.31 bits per heavy atom. The SMILES string of the molecule is C=CCn1c(SCC(=O)Nc2nnc(CC)s2)nnc1C(C)Oc1ccccc1. The van der Waals surface area contributed by atoms with Gasteiger partial charge >= 0.3 is 0 Å². The van der Waals surface area contributed by atoms with E-state index in [1.54, 1.807) is 6.08 Å². The minimum atomic E-state index is -0.304. The summed E-state index contributed by atoms with van der Waals surface area (Å²) >= 11 is 2.68. The average Bonchev–Trinajstić information content (AvgIpc) is 3.34. The Morgan fingerprint density at radius 2 is 2.10 bits per heavy atom. The number of amides is 1. The van der Waals surface area contributed by atoms with Gasteiger partial charge in [-0.15, -0.1) is 27.0 Å². The molecule has 1 aromatic carbocycles. The summed E-state index contributed by atoms with van der Waals surface area (Å²) in [5.41, 5.74) is 0. The van der Waals surface area contributed by atoms with Crippen molar-refractivity contribution in [3.63, 3.8) is 0 Å². The first-order valence-corrected chi connectivity index (χ1v) is 10.9. The van der Waals surface area contributed by atoms with Crippen molar-refractivity contribution >= 4 is 34.1 Å². The van der Waals surface area contributed by atoms with Gasteiger partial charge in [-0.25, -0.2) is 0 Å². The minimum absolute atomic E-state index is 0.169. The molecule has 8 nitrogen and oxygen atoms in total. The lowest BCUT2D eigenvalue weighted by atomic mass is 10.3. The zero-order valence-electron chi connectivity index (χ0n) is 16.2. The third kappa shape index (κ3) is 5.64. The summed E-state index contributed by atoms with van der Waals surface area (Å²) in [6.07, 6.45) is 2.25. The predicted molar refractivity (Wildman–Crippen MR) is 114 cm³/mol. The predicted octanol–water partition coefficient (Wildman–Crippen LogP) is 3.75. The molecule has 1 N–H and O–H groups in total. The normalized spacial score (nSPS) is 11.8. The van der Waals surface area contributed by atoms with Crippen LogP contribution in [0.4, 0.5) is 5.13 Å². The zero-order chi connectivity index (χ0) is 20.6. The van der Waals surface area contributed by atoms with E-state index < -0.39 is 0 Å². The zero-order valence-corrected chi connectivity index (χ0v) is 17.9. The molecule has 1 atom stereocenters. The maximum absolute atomic E-state index is 12.2. The van der Waals surface area contributed by atoms with Gasteiger partial charge in [0.05, 0.1) is 5.75 Å². The Balaban J connectivity index is 1.64. The van der Waals surface area contributed by atoms with Crippen molar-refractivity contribution in [3.8, 4) is 5.75 Å². The van der Waals surface area contributed by atoms with Crippen LogP contribution in [-0.4, -0.2) is 36.6 Å². The van der Waals surface area contributed by atoms with Gasteiger partial charge in [0.2, 0.25) is 11.0 Å². The van der Waals surface area contributed by atoms with E-state index in [0.717, 1.165) is 17.2 Å². The van der Waals surface area contributed by atoms with E-state index >= 15 is 0 Å². The quantitative estimate of drug-likeness (QED) is 0.387. The summed E-state index contributed by atoms with van der Waals surface area (Å²) in [4.78, 5) is 12.2. The second kappa shape index (κ2) is 10.2. The Kier molecular flexibility index (Phi) is 7.36. The maximum atomic E-state index is 12.2. The summed E-state index contributed by atoms with van der Waals surface area (Å²) in [5.74, 6) is 1.44. The van der Waals surface area contributed by atoms with Crippen LogP contribution in [0.25, 0.3) is 0 Å². The monoisotopic (exact) mass is 430 g/mol. The molecule has 3 rings (SSSR count). The molecule has 0 saturated carbocycles. The van der Waals surface area contributed by atoms with Gasteiger partial charge in [0.15, 0.2) is 17.1 Å². The van der Waals surface area contributed by atoms with Gasteiger partial charge in [0.25, 0.3) is 0 Å². The van der Waals surface area contributed by atoms with E-state index in [-0.39, 0.29) is 17.8 Å². The molecule has 0 fully saturated rings. The highest BCUT2D eigenvalue weighted by atomic mass is 32.2. The molecule has 1 amide bonds. The number of ether oxygens (including phenoxy) is 1. The number of thioether (sulfide) groups is 1. The first kappa shape index (κ1) is 21.0. The van der Waals surface area contributed by atoms with E-state index in [9.17, 15) is 4.79 Å². The van der Waals surface area contributed by atoms with Crippen LogP contribution in [0.2, 0.25) is 0 Å². The van der Waals surface area contributed by atoms with Gasteiger partial charge in [-0.1, -0.05) is 54.3 Å². The Morgan fingerprint density at radius 3 is 2.79 bits per heavy atom. The number of hydrogen-bond donors (Lipinski definition) is 1. The van der Waals surface area contributed by atoms with E-state index in [4.69, 9.17) is 4.74 Å². The van der Waals surface area contributed by atoms with Crippen LogP contribution in [0.1, 0.15) is 30.8 Å². The van der Waals surface area contributed by atoms with Gasteiger partial charge in [-0.3, -0.25) is 14.7 Å². The lowest BCUT2D eigenvalue weighted by molar-refractivity contribution is -0.113. The molecule has 2 aromatic heterocycles. The number of allylic oxidation sites excluding steroid dienone is 1. The molecule has 3 aromatic rings. The van der Waals surface area contributed by atoms with Crippen molar-refractivity contribution in [2.75, 3.05) is 11.1 Å². The average molecular weight is 431 g/mol.